The minimum Gasteiger partial charge on any atom is -0.368 e. The van der Waals surface area contributed by atoms with Gasteiger partial charge in [0.25, 0.3) is 5.69 Å². The van der Waals surface area contributed by atoms with Crippen LogP contribution in [-0.4, -0.2) is 84.5 Å². The minimum atomic E-state index is -0.392. The molecule has 9 nitrogen and oxygen atoms in total. The first-order chi connectivity index (χ1) is 14.6. The summed E-state index contributed by atoms with van der Waals surface area (Å²) in [6, 6.07) is 12.5. The molecular formula is C21H26N6O3. The average Bonchev–Trinajstić information content (AvgIpc) is 2.80. The molecule has 2 aliphatic heterocycles. The summed E-state index contributed by atoms with van der Waals surface area (Å²) in [5.41, 5.74) is 1.05. The van der Waals surface area contributed by atoms with Crippen LogP contribution in [0.1, 0.15) is 0 Å². The maximum absolute atomic E-state index is 12.7. The normalized spacial score (nSPS) is 17.8. The first-order valence-electron chi connectivity index (χ1n) is 10.3. The number of benzene rings is 1. The topological polar surface area (TPSA) is 86.1 Å². The molecular weight excluding hydrogens is 384 g/mol. The van der Waals surface area contributed by atoms with Gasteiger partial charge in [0.2, 0.25) is 5.91 Å². The van der Waals surface area contributed by atoms with Crippen LogP contribution in [0.15, 0.2) is 48.7 Å². The molecule has 0 unspecified atom stereocenters. The molecule has 0 saturated carbocycles. The first kappa shape index (κ1) is 20.1. The number of anilines is 2. The fourth-order valence-electron chi connectivity index (χ4n) is 3.97. The Bertz CT molecular complexity index is 860. The number of nitrogens with zero attached hydrogens (tertiary/aromatic N) is 6. The van der Waals surface area contributed by atoms with E-state index in [1.54, 1.807) is 12.1 Å². The van der Waals surface area contributed by atoms with E-state index < -0.39 is 4.92 Å². The summed E-state index contributed by atoms with van der Waals surface area (Å²) in [6.07, 6.45) is 1.81. The predicted molar refractivity (Wildman–Crippen MR) is 115 cm³/mol. The Morgan fingerprint density at radius 1 is 0.900 bits per heavy atom. The van der Waals surface area contributed by atoms with Gasteiger partial charge in [0.15, 0.2) is 0 Å². The van der Waals surface area contributed by atoms with Gasteiger partial charge < -0.3 is 14.7 Å². The highest BCUT2D eigenvalue weighted by Crippen LogP contribution is 2.21. The molecule has 0 aliphatic carbocycles. The van der Waals surface area contributed by atoms with Crippen molar-refractivity contribution in [3.63, 3.8) is 0 Å². The van der Waals surface area contributed by atoms with Crippen molar-refractivity contribution in [1.82, 2.24) is 14.8 Å². The molecule has 0 radical (unpaired) electrons. The van der Waals surface area contributed by atoms with E-state index in [-0.39, 0.29) is 11.6 Å². The van der Waals surface area contributed by atoms with E-state index in [2.05, 4.69) is 19.7 Å². The van der Waals surface area contributed by atoms with E-state index in [1.807, 2.05) is 29.3 Å². The number of amides is 1. The number of non-ortho nitro benzene ring substituents is 1. The number of pyridine rings is 1. The van der Waals surface area contributed by atoms with Crippen LogP contribution < -0.4 is 9.80 Å². The predicted octanol–water partition coefficient (Wildman–Crippen LogP) is 1.46. The molecule has 2 aromatic rings. The second kappa shape index (κ2) is 9.08. The van der Waals surface area contributed by atoms with Gasteiger partial charge in [-0.3, -0.25) is 19.8 Å². The first-order valence-corrected chi connectivity index (χ1v) is 10.3. The standard InChI is InChI=1S/C21H26N6O3/c28-21(17-23-9-11-25(12-10-23)20-3-1-2-8-22-20)26-15-13-24(14-16-26)18-4-6-19(7-5-18)27(29)30/h1-8H,9-17H2. The molecule has 0 N–H and O–H groups in total. The third kappa shape index (κ3) is 4.68. The zero-order valence-corrected chi connectivity index (χ0v) is 16.9. The molecule has 30 heavy (non-hydrogen) atoms. The Morgan fingerprint density at radius 3 is 2.17 bits per heavy atom. The zero-order chi connectivity index (χ0) is 20.9. The minimum absolute atomic E-state index is 0.0932. The van der Waals surface area contributed by atoms with Gasteiger partial charge in [-0.1, -0.05) is 6.07 Å². The fraction of sp³-hybridized carbons (Fsp3) is 0.429. The number of hydrogen-bond acceptors (Lipinski definition) is 7. The van der Waals surface area contributed by atoms with Gasteiger partial charge in [0.1, 0.15) is 5.82 Å². The summed E-state index contributed by atoms with van der Waals surface area (Å²) < 4.78 is 0. The van der Waals surface area contributed by atoms with Gasteiger partial charge in [-0.15, -0.1) is 0 Å². The quantitative estimate of drug-likeness (QED) is 0.545. The lowest BCUT2D eigenvalue weighted by Gasteiger charge is -2.38. The van der Waals surface area contributed by atoms with Gasteiger partial charge in [0, 0.05) is 76.4 Å². The monoisotopic (exact) mass is 410 g/mol. The van der Waals surface area contributed by atoms with E-state index in [0.717, 1.165) is 50.8 Å². The fourth-order valence-corrected chi connectivity index (χ4v) is 3.97. The summed E-state index contributed by atoms with van der Waals surface area (Å²) >= 11 is 0. The molecule has 2 saturated heterocycles. The molecule has 0 spiro atoms. The Kier molecular flexibility index (Phi) is 6.08. The average molecular weight is 410 g/mol. The van der Waals surface area contributed by atoms with Crippen LogP contribution in [0, 0.1) is 10.1 Å². The number of carbonyl (C=O) groups is 1. The summed E-state index contributed by atoms with van der Waals surface area (Å²) in [7, 11) is 0. The number of hydrogen-bond donors (Lipinski definition) is 0. The largest absolute Gasteiger partial charge is 0.368 e. The molecule has 4 rings (SSSR count). The van der Waals surface area contributed by atoms with Crippen molar-refractivity contribution in [1.29, 1.82) is 0 Å². The van der Waals surface area contributed by atoms with Crippen molar-refractivity contribution >= 4 is 23.1 Å². The van der Waals surface area contributed by atoms with E-state index in [4.69, 9.17) is 0 Å². The molecule has 158 valence electrons. The summed E-state index contributed by atoms with van der Waals surface area (Å²) in [4.78, 5) is 36.1. The number of nitro benzene ring substituents is 1. The Labute approximate surface area is 175 Å². The van der Waals surface area contributed by atoms with Crippen molar-refractivity contribution in [3.05, 3.63) is 58.8 Å². The molecule has 2 aliphatic rings. The van der Waals surface area contributed by atoms with Crippen LogP contribution in [0.25, 0.3) is 0 Å². The van der Waals surface area contributed by atoms with Crippen LogP contribution in [-0.2, 0) is 4.79 Å². The van der Waals surface area contributed by atoms with Gasteiger partial charge in [-0.25, -0.2) is 4.98 Å². The Morgan fingerprint density at radius 2 is 1.57 bits per heavy atom. The molecule has 3 heterocycles. The van der Waals surface area contributed by atoms with Crippen molar-refractivity contribution in [2.45, 2.75) is 0 Å². The van der Waals surface area contributed by atoms with Crippen LogP contribution in [0.5, 0.6) is 0 Å². The summed E-state index contributed by atoms with van der Waals surface area (Å²) in [6.45, 7) is 6.71. The number of rotatable bonds is 5. The third-order valence-electron chi connectivity index (χ3n) is 5.76. The van der Waals surface area contributed by atoms with Gasteiger partial charge >= 0.3 is 0 Å². The third-order valence-corrected chi connectivity index (χ3v) is 5.76. The highest BCUT2D eigenvalue weighted by Gasteiger charge is 2.25. The van der Waals surface area contributed by atoms with E-state index in [1.165, 1.54) is 12.1 Å². The molecule has 0 atom stereocenters. The number of piperazine rings is 2. The lowest BCUT2D eigenvalue weighted by molar-refractivity contribution is -0.384. The maximum Gasteiger partial charge on any atom is 0.269 e. The van der Waals surface area contributed by atoms with E-state index in [9.17, 15) is 14.9 Å². The van der Waals surface area contributed by atoms with Crippen molar-refractivity contribution < 1.29 is 9.72 Å². The summed E-state index contributed by atoms with van der Waals surface area (Å²) in [5, 5.41) is 10.8. The highest BCUT2D eigenvalue weighted by atomic mass is 16.6. The van der Waals surface area contributed by atoms with Crippen molar-refractivity contribution in [2.75, 3.05) is 68.7 Å². The van der Waals surface area contributed by atoms with Gasteiger partial charge in [-0.2, -0.15) is 0 Å². The number of nitro groups is 1. The number of carbonyl (C=O) groups excluding carboxylic acids is 1. The van der Waals surface area contributed by atoms with Crippen molar-refractivity contribution in [2.24, 2.45) is 0 Å². The van der Waals surface area contributed by atoms with E-state index in [0.29, 0.717) is 19.6 Å². The van der Waals surface area contributed by atoms with Gasteiger partial charge in [0.05, 0.1) is 11.5 Å². The van der Waals surface area contributed by atoms with Crippen LogP contribution in [0.2, 0.25) is 0 Å². The Balaban J connectivity index is 1.22. The SMILES string of the molecule is O=C(CN1CCN(c2ccccn2)CC1)N1CCN(c2ccc([N+](=O)[O-])cc2)CC1. The lowest BCUT2D eigenvalue weighted by atomic mass is 10.2. The second-order valence-corrected chi connectivity index (χ2v) is 7.59. The zero-order valence-electron chi connectivity index (χ0n) is 16.9. The maximum atomic E-state index is 12.7. The van der Waals surface area contributed by atoms with Gasteiger partial charge in [-0.05, 0) is 24.3 Å². The molecule has 1 amide bonds. The molecule has 9 heteroatoms. The Hall–Kier alpha value is -3.20. The second-order valence-electron chi connectivity index (χ2n) is 7.59. The van der Waals surface area contributed by atoms with Crippen LogP contribution in [0.3, 0.4) is 0 Å². The highest BCUT2D eigenvalue weighted by molar-refractivity contribution is 5.78. The molecule has 1 aromatic carbocycles. The smallest absolute Gasteiger partial charge is 0.269 e. The molecule has 2 fully saturated rings. The molecule has 0 bridgehead atoms. The lowest BCUT2D eigenvalue weighted by Crippen LogP contribution is -2.54. The number of aromatic nitrogens is 1. The van der Waals surface area contributed by atoms with Crippen LogP contribution >= 0.6 is 0 Å². The summed E-state index contributed by atoms with van der Waals surface area (Å²) in [5.74, 6) is 1.16. The van der Waals surface area contributed by atoms with Crippen LogP contribution in [0.4, 0.5) is 17.2 Å². The van der Waals surface area contributed by atoms with Crippen molar-refractivity contribution in [3.8, 4) is 0 Å². The van der Waals surface area contributed by atoms with E-state index >= 15 is 0 Å². The molecule has 1 aromatic heterocycles.